The first kappa shape index (κ1) is 16.1. The van der Waals surface area contributed by atoms with Crippen LogP contribution in [0, 0.1) is 0 Å². The molecule has 10 heteroatoms. The maximum absolute atomic E-state index is 12.6. The monoisotopic (exact) mass is 325 g/mol. The van der Waals surface area contributed by atoms with Crippen LogP contribution in [-0.4, -0.2) is 36.0 Å². The minimum absolute atomic E-state index is 0.0606. The molecular formula is C12H9F6N3O. The number of nitrogens with zero attached hydrogens (tertiary/aromatic N) is 2. The molecule has 0 unspecified atom stereocenters. The van der Waals surface area contributed by atoms with Crippen molar-refractivity contribution in [1.29, 1.82) is 0 Å². The zero-order valence-corrected chi connectivity index (χ0v) is 10.8. The quantitative estimate of drug-likeness (QED) is 0.849. The number of hydrogen-bond acceptors (Lipinski definition) is 3. The Morgan fingerprint density at radius 2 is 1.86 bits per heavy atom. The lowest BCUT2D eigenvalue weighted by Gasteiger charge is -2.29. The van der Waals surface area contributed by atoms with Crippen LogP contribution in [0.1, 0.15) is 11.1 Å². The van der Waals surface area contributed by atoms with Crippen molar-refractivity contribution >= 4 is 11.7 Å². The molecule has 0 radical (unpaired) electrons. The van der Waals surface area contributed by atoms with Crippen molar-refractivity contribution in [3.63, 3.8) is 0 Å². The second-order valence-corrected chi connectivity index (χ2v) is 4.45. The van der Waals surface area contributed by atoms with Crippen molar-refractivity contribution in [3.8, 4) is 0 Å². The highest BCUT2D eigenvalue weighted by Gasteiger charge is 2.35. The van der Waals surface area contributed by atoms with Gasteiger partial charge in [-0.05, 0) is 12.1 Å². The molecule has 1 N–H and O–H groups in total. The number of amides is 1. The highest BCUT2D eigenvalue weighted by Crippen LogP contribution is 2.29. The van der Waals surface area contributed by atoms with Gasteiger partial charge in [0.15, 0.2) is 0 Å². The molecular weight excluding hydrogens is 316 g/mol. The topological polar surface area (TPSA) is 44.7 Å². The number of benzene rings is 1. The summed E-state index contributed by atoms with van der Waals surface area (Å²) in [6.45, 7) is -2.14. The average molecular weight is 325 g/mol. The zero-order chi connectivity index (χ0) is 16.5. The molecule has 0 saturated carbocycles. The number of halogens is 6. The van der Waals surface area contributed by atoms with Crippen molar-refractivity contribution in [2.24, 2.45) is 4.99 Å². The number of alkyl halides is 6. The molecule has 0 bridgehead atoms. The Labute approximate surface area is 120 Å². The van der Waals surface area contributed by atoms with Gasteiger partial charge in [0.25, 0.3) is 5.91 Å². The Bertz CT molecular complexity index is 608. The van der Waals surface area contributed by atoms with Crippen LogP contribution in [0.15, 0.2) is 29.3 Å². The van der Waals surface area contributed by atoms with E-state index in [1.807, 2.05) is 0 Å². The van der Waals surface area contributed by atoms with Gasteiger partial charge in [0.2, 0.25) is 0 Å². The number of carbonyl (C=O) groups is 1. The highest BCUT2D eigenvalue weighted by molar-refractivity contribution is 6.02. The maximum Gasteiger partial charge on any atom is 0.416 e. The van der Waals surface area contributed by atoms with E-state index in [0.717, 1.165) is 18.2 Å². The molecule has 1 aromatic carbocycles. The third-order valence-corrected chi connectivity index (χ3v) is 2.72. The van der Waals surface area contributed by atoms with Crippen molar-refractivity contribution in [1.82, 2.24) is 10.4 Å². The molecule has 1 heterocycles. The molecule has 0 atom stereocenters. The van der Waals surface area contributed by atoms with E-state index in [0.29, 0.717) is 0 Å². The van der Waals surface area contributed by atoms with Crippen LogP contribution in [0.2, 0.25) is 0 Å². The Balaban J connectivity index is 2.25. The van der Waals surface area contributed by atoms with Gasteiger partial charge in [0.1, 0.15) is 18.9 Å². The third kappa shape index (κ3) is 3.89. The van der Waals surface area contributed by atoms with Gasteiger partial charge in [0.05, 0.1) is 5.56 Å². The minimum Gasteiger partial charge on any atom is -0.279 e. The normalized spacial score (nSPS) is 16.4. The fourth-order valence-electron chi connectivity index (χ4n) is 1.76. The largest absolute Gasteiger partial charge is 0.416 e. The predicted octanol–water partition coefficient (Wildman–Crippen LogP) is 2.36. The van der Waals surface area contributed by atoms with Crippen LogP contribution < -0.4 is 5.43 Å². The van der Waals surface area contributed by atoms with Crippen LogP contribution in [-0.2, 0) is 11.0 Å². The molecule has 22 heavy (non-hydrogen) atoms. The van der Waals surface area contributed by atoms with Crippen LogP contribution in [0.5, 0.6) is 0 Å². The Kier molecular flexibility index (Phi) is 4.03. The number of rotatable bonds is 2. The van der Waals surface area contributed by atoms with Crippen molar-refractivity contribution < 1.29 is 31.1 Å². The van der Waals surface area contributed by atoms with Crippen LogP contribution >= 0.6 is 0 Å². The van der Waals surface area contributed by atoms with Crippen LogP contribution in [0.4, 0.5) is 26.3 Å². The Morgan fingerprint density at radius 1 is 1.18 bits per heavy atom. The van der Waals surface area contributed by atoms with E-state index < -0.39 is 36.9 Å². The van der Waals surface area contributed by atoms with E-state index >= 15 is 0 Å². The van der Waals surface area contributed by atoms with Gasteiger partial charge in [-0.2, -0.15) is 26.3 Å². The molecule has 0 aromatic heterocycles. The lowest BCUT2D eigenvalue weighted by Crippen LogP contribution is -2.54. The van der Waals surface area contributed by atoms with Crippen molar-refractivity contribution in [3.05, 3.63) is 35.4 Å². The van der Waals surface area contributed by atoms with Gasteiger partial charge in [0, 0.05) is 5.56 Å². The second-order valence-electron chi connectivity index (χ2n) is 4.45. The summed E-state index contributed by atoms with van der Waals surface area (Å²) in [6.07, 6.45) is -9.23. The lowest BCUT2D eigenvalue weighted by atomic mass is 10.1. The molecule has 120 valence electrons. The SMILES string of the molecule is O=C1CN=C(c2cccc(C(F)(F)F)c2)NN1CC(F)(F)F. The zero-order valence-electron chi connectivity index (χ0n) is 10.8. The smallest absolute Gasteiger partial charge is 0.279 e. The summed E-state index contributed by atoms with van der Waals surface area (Å²) in [7, 11) is 0. The fourth-order valence-corrected chi connectivity index (χ4v) is 1.76. The number of aliphatic imine (C=N–C) groups is 1. The molecule has 1 aliphatic rings. The number of amidine groups is 1. The summed E-state index contributed by atoms with van der Waals surface area (Å²) < 4.78 is 74.9. The van der Waals surface area contributed by atoms with Gasteiger partial charge in [-0.25, -0.2) is 5.01 Å². The van der Waals surface area contributed by atoms with Crippen LogP contribution in [0.25, 0.3) is 0 Å². The fraction of sp³-hybridized carbons (Fsp3) is 0.333. The van der Waals surface area contributed by atoms with E-state index in [1.54, 1.807) is 0 Å². The lowest BCUT2D eigenvalue weighted by molar-refractivity contribution is -0.164. The maximum atomic E-state index is 12.6. The third-order valence-electron chi connectivity index (χ3n) is 2.72. The minimum atomic E-state index is -4.64. The van der Waals surface area contributed by atoms with E-state index in [-0.39, 0.29) is 16.4 Å². The van der Waals surface area contributed by atoms with E-state index in [1.165, 1.54) is 6.07 Å². The van der Waals surface area contributed by atoms with E-state index in [9.17, 15) is 31.1 Å². The summed E-state index contributed by atoms with van der Waals surface area (Å²) in [5.41, 5.74) is 1.08. The first-order valence-electron chi connectivity index (χ1n) is 5.92. The predicted molar refractivity (Wildman–Crippen MR) is 63.8 cm³/mol. The number of hydrogen-bond donors (Lipinski definition) is 1. The molecule has 1 amide bonds. The first-order chi connectivity index (χ1) is 10.1. The number of hydrazine groups is 1. The molecule has 0 aliphatic carbocycles. The highest BCUT2D eigenvalue weighted by atomic mass is 19.4. The standard InChI is InChI=1S/C12H9F6N3O/c13-11(14,15)6-21-9(22)5-19-10(20-21)7-2-1-3-8(4-7)12(16,17)18/h1-4H,5-6H2,(H,19,20). The van der Waals surface area contributed by atoms with Gasteiger partial charge in [-0.1, -0.05) is 12.1 Å². The number of carbonyl (C=O) groups excluding carboxylic acids is 1. The summed E-state index contributed by atoms with van der Waals surface area (Å²) in [4.78, 5) is 15.0. The summed E-state index contributed by atoms with van der Waals surface area (Å²) in [5.74, 6) is -1.15. The molecule has 1 aliphatic heterocycles. The van der Waals surface area contributed by atoms with Crippen LogP contribution in [0.3, 0.4) is 0 Å². The Hall–Kier alpha value is -2.26. The van der Waals surface area contributed by atoms with E-state index in [2.05, 4.69) is 10.4 Å². The van der Waals surface area contributed by atoms with Crippen molar-refractivity contribution in [2.45, 2.75) is 12.4 Å². The van der Waals surface area contributed by atoms with Crippen molar-refractivity contribution in [2.75, 3.05) is 13.1 Å². The molecule has 0 saturated heterocycles. The molecule has 0 spiro atoms. The summed E-state index contributed by atoms with van der Waals surface area (Å²) >= 11 is 0. The second kappa shape index (κ2) is 5.50. The molecule has 1 aromatic rings. The molecule has 0 fully saturated rings. The van der Waals surface area contributed by atoms with E-state index in [4.69, 9.17) is 0 Å². The Morgan fingerprint density at radius 3 is 2.45 bits per heavy atom. The molecule has 4 nitrogen and oxygen atoms in total. The number of nitrogens with one attached hydrogen (secondary N) is 1. The van der Waals surface area contributed by atoms with Gasteiger partial charge in [-0.15, -0.1) is 0 Å². The van der Waals surface area contributed by atoms with Gasteiger partial charge < -0.3 is 0 Å². The van der Waals surface area contributed by atoms with Gasteiger partial charge >= 0.3 is 12.4 Å². The molecule has 2 rings (SSSR count). The average Bonchev–Trinajstić information content (AvgIpc) is 2.39. The summed E-state index contributed by atoms with van der Waals surface area (Å²) in [5, 5.41) is 0.280. The summed E-state index contributed by atoms with van der Waals surface area (Å²) in [6, 6.07) is 3.93. The van der Waals surface area contributed by atoms with Gasteiger partial charge in [-0.3, -0.25) is 15.2 Å². The first-order valence-corrected chi connectivity index (χ1v) is 5.92.